The number of nitrogens with two attached hydrogens (primary N) is 1. The maximum atomic E-state index is 13.1. The molecule has 4 aromatic rings. The van der Waals surface area contributed by atoms with Gasteiger partial charge in [-0.05, 0) is 98.3 Å². The predicted octanol–water partition coefficient (Wildman–Crippen LogP) is 12.3. The van der Waals surface area contributed by atoms with E-state index in [9.17, 15) is 52.7 Å². The summed E-state index contributed by atoms with van der Waals surface area (Å²) in [6.07, 6.45) is -8.95. The monoisotopic (exact) mass is 903 g/mol. The molecule has 63 heavy (non-hydrogen) atoms. The third-order valence-corrected chi connectivity index (χ3v) is 11.7. The van der Waals surface area contributed by atoms with Gasteiger partial charge in [0.1, 0.15) is 35.3 Å². The van der Waals surface area contributed by atoms with Crippen LogP contribution in [-0.4, -0.2) is 46.3 Å². The van der Waals surface area contributed by atoms with E-state index in [0.29, 0.717) is 48.6 Å². The van der Waals surface area contributed by atoms with Gasteiger partial charge in [0.05, 0.1) is 27.9 Å². The molecule has 4 saturated heterocycles. The Morgan fingerprint density at radius 1 is 0.556 bits per heavy atom. The van der Waals surface area contributed by atoms with Gasteiger partial charge in [0.2, 0.25) is 0 Å². The summed E-state index contributed by atoms with van der Waals surface area (Å²) in [5.41, 5.74) is 2.94. The topological polar surface area (TPSA) is 76.7 Å². The molecular formula is C44H45F12N5O2. The van der Waals surface area contributed by atoms with Crippen LogP contribution in [0.4, 0.5) is 70.0 Å². The summed E-state index contributed by atoms with van der Waals surface area (Å²) in [6.45, 7) is 3.61. The van der Waals surface area contributed by atoms with Crippen LogP contribution in [0, 0.1) is 0 Å². The van der Waals surface area contributed by atoms with E-state index in [4.69, 9.17) is 15.2 Å². The Bertz CT molecular complexity index is 2160. The lowest BCUT2D eigenvalue weighted by molar-refractivity contribution is -0.138. The van der Waals surface area contributed by atoms with Crippen LogP contribution in [-0.2, 0) is 31.1 Å². The number of fused-ring (bicyclic) bond motifs is 4. The lowest BCUT2D eigenvalue weighted by atomic mass is 9.99. The van der Waals surface area contributed by atoms with Crippen molar-refractivity contribution in [1.29, 1.82) is 0 Å². The molecule has 2 unspecified atom stereocenters. The zero-order valence-corrected chi connectivity index (χ0v) is 32.8. The minimum Gasteiger partial charge on any atom is -0.490 e. The van der Waals surface area contributed by atoms with Crippen LogP contribution in [0.25, 0.3) is 0 Å². The second kappa shape index (κ2) is 18.0. The van der Waals surface area contributed by atoms with E-state index >= 15 is 0 Å². The number of anilines is 3. The average Bonchev–Trinajstić information content (AvgIpc) is 3.62. The average molecular weight is 904 g/mol. The lowest BCUT2D eigenvalue weighted by Gasteiger charge is -2.40. The summed E-state index contributed by atoms with van der Waals surface area (Å²) in [5.74, 6) is 1.60. The van der Waals surface area contributed by atoms with E-state index in [0.717, 1.165) is 74.5 Å². The number of piperidine rings is 2. The van der Waals surface area contributed by atoms with Crippen molar-refractivity contribution in [3.05, 3.63) is 114 Å². The summed E-state index contributed by atoms with van der Waals surface area (Å²) >= 11 is 0. The van der Waals surface area contributed by atoms with E-state index < -0.39 is 47.0 Å². The predicted molar refractivity (Wildman–Crippen MR) is 212 cm³/mol. The van der Waals surface area contributed by atoms with Gasteiger partial charge in [-0.3, -0.25) is 0 Å². The molecular weight excluding hydrogens is 858 g/mol. The van der Waals surface area contributed by atoms with Gasteiger partial charge in [-0.1, -0.05) is 13.5 Å². The smallest absolute Gasteiger partial charge is 0.417 e. The highest BCUT2D eigenvalue weighted by Gasteiger charge is 2.45. The fourth-order valence-corrected chi connectivity index (χ4v) is 8.98. The van der Waals surface area contributed by atoms with E-state index in [1.165, 1.54) is 30.3 Å². The first-order valence-electron chi connectivity index (χ1n) is 19.8. The number of aromatic nitrogens is 2. The maximum absolute atomic E-state index is 13.1. The van der Waals surface area contributed by atoms with Crippen LogP contribution in [0.3, 0.4) is 0 Å². The fourth-order valence-electron chi connectivity index (χ4n) is 8.98. The third-order valence-electron chi connectivity index (χ3n) is 11.7. The molecule has 6 heterocycles. The van der Waals surface area contributed by atoms with Crippen molar-refractivity contribution in [1.82, 2.24) is 9.97 Å². The first kappa shape index (κ1) is 47.1. The van der Waals surface area contributed by atoms with Crippen LogP contribution < -0.4 is 25.0 Å². The molecule has 4 fully saturated rings. The summed E-state index contributed by atoms with van der Waals surface area (Å²) in [4.78, 5) is 12.1. The van der Waals surface area contributed by atoms with Crippen LogP contribution in [0.15, 0.2) is 85.7 Å². The minimum absolute atomic E-state index is 0. The van der Waals surface area contributed by atoms with E-state index in [1.807, 2.05) is 4.90 Å². The first-order chi connectivity index (χ1) is 29.1. The number of alkyl halides is 12. The van der Waals surface area contributed by atoms with Crippen LogP contribution >= 0.6 is 0 Å². The molecule has 0 amide bonds. The molecule has 2 N–H and O–H groups in total. The Labute approximate surface area is 355 Å². The number of pyridine rings is 2. The molecule has 19 heteroatoms. The van der Waals surface area contributed by atoms with E-state index in [1.54, 1.807) is 0 Å². The molecule has 0 spiro atoms. The Hall–Kier alpha value is -5.36. The van der Waals surface area contributed by atoms with Crippen molar-refractivity contribution >= 4 is 17.3 Å². The normalized spacial score (nSPS) is 23.4. The van der Waals surface area contributed by atoms with Gasteiger partial charge >= 0.3 is 24.7 Å². The Balaban J connectivity index is 0.000000207. The zero-order valence-electron chi connectivity index (χ0n) is 32.8. The van der Waals surface area contributed by atoms with Gasteiger partial charge in [0.25, 0.3) is 0 Å². The van der Waals surface area contributed by atoms with Gasteiger partial charge in [0.15, 0.2) is 0 Å². The summed E-state index contributed by atoms with van der Waals surface area (Å²) < 4.78 is 166. The Morgan fingerprint density at radius 3 is 1.27 bits per heavy atom. The van der Waals surface area contributed by atoms with Crippen molar-refractivity contribution < 1.29 is 62.2 Å². The van der Waals surface area contributed by atoms with Gasteiger partial charge in [-0.15, -0.1) is 6.58 Å². The van der Waals surface area contributed by atoms with E-state index in [-0.39, 0.29) is 61.7 Å². The fraction of sp³-hybridized carbons (Fsp3) is 0.455. The molecule has 4 bridgehead atoms. The number of ether oxygens (including phenoxy) is 2. The van der Waals surface area contributed by atoms with Crippen molar-refractivity contribution in [3.8, 4) is 11.5 Å². The minimum atomic E-state index is -4.48. The summed E-state index contributed by atoms with van der Waals surface area (Å²) in [5, 5.41) is 0. The van der Waals surface area contributed by atoms with Gasteiger partial charge in [0, 0.05) is 62.2 Å². The van der Waals surface area contributed by atoms with Crippen molar-refractivity contribution in [2.75, 3.05) is 15.5 Å². The summed E-state index contributed by atoms with van der Waals surface area (Å²) in [7, 11) is 0. The maximum Gasteiger partial charge on any atom is 0.417 e. The molecule has 0 radical (unpaired) electrons. The number of nitrogen functional groups attached to an aromatic ring is 1. The van der Waals surface area contributed by atoms with Crippen LogP contribution in [0.5, 0.6) is 11.5 Å². The number of nitrogens with zero attached hydrogens (tertiary/aromatic N) is 4. The highest BCUT2D eigenvalue weighted by molar-refractivity contribution is 5.55. The van der Waals surface area contributed by atoms with Gasteiger partial charge < -0.3 is 25.0 Å². The number of rotatable bonds is 8. The molecule has 8 rings (SSSR count). The molecule has 0 saturated carbocycles. The van der Waals surface area contributed by atoms with Gasteiger partial charge in [-0.2, -0.15) is 52.7 Å². The molecule has 7 nitrogen and oxygen atoms in total. The molecule has 2 aromatic carbocycles. The number of hydrogen-bond donors (Lipinski definition) is 1. The Morgan fingerprint density at radius 2 is 0.921 bits per heavy atom. The zero-order chi connectivity index (χ0) is 44.8. The van der Waals surface area contributed by atoms with Crippen molar-refractivity contribution in [2.45, 2.75) is 126 Å². The lowest BCUT2D eigenvalue weighted by Crippen LogP contribution is -2.47. The first-order valence-corrected chi connectivity index (χ1v) is 19.8. The number of allylic oxidation sites excluding steroid dienone is 1. The standard InChI is InChI=1S/C23H22F6N2O.C20H19F6N3O.CH4/c1-2-3-14-10-15(22(24,25)26)4-8-20(14)32-19-11-17-6-7-18(12-19)31(17)21-9-5-16(13-30-21)23(27,28)29;21-19(22,23)11-1-5-17(16(27)7-11)30-15-8-13-3-4-14(9-15)29(13)18-6-2-12(10-28-18)20(24,25)26;/h2,4-5,8-10,13,17-19H,1,3,6-7,11-12H2;1-2,5-7,10,13-15H,3-4,8-9,27H2;1H4/t17-,18+,19?;13-,14+,15?;. The molecule has 342 valence electrons. The molecule has 4 aliphatic rings. The summed E-state index contributed by atoms with van der Waals surface area (Å²) in [6, 6.07) is 11.5. The Kier molecular flexibility index (Phi) is 13.5. The highest BCUT2D eigenvalue weighted by atomic mass is 19.4. The number of halogens is 12. The number of benzene rings is 2. The quantitative estimate of drug-likeness (QED) is 0.107. The molecule has 4 aliphatic heterocycles. The van der Waals surface area contributed by atoms with E-state index in [2.05, 4.69) is 21.4 Å². The van der Waals surface area contributed by atoms with Crippen molar-refractivity contribution in [2.24, 2.45) is 0 Å². The second-order valence-corrected chi connectivity index (χ2v) is 15.9. The molecule has 6 atom stereocenters. The second-order valence-electron chi connectivity index (χ2n) is 15.9. The van der Waals surface area contributed by atoms with Crippen molar-refractivity contribution in [3.63, 3.8) is 0 Å². The molecule has 0 aliphatic carbocycles. The third kappa shape index (κ3) is 10.7. The largest absolute Gasteiger partial charge is 0.490 e. The molecule has 2 aromatic heterocycles. The van der Waals surface area contributed by atoms with Crippen LogP contribution in [0.2, 0.25) is 0 Å². The highest BCUT2D eigenvalue weighted by Crippen LogP contribution is 2.44. The van der Waals surface area contributed by atoms with Gasteiger partial charge in [-0.25, -0.2) is 9.97 Å². The van der Waals surface area contributed by atoms with Crippen LogP contribution in [0.1, 0.15) is 86.6 Å². The number of hydrogen-bond acceptors (Lipinski definition) is 7. The SMILES string of the molecule is C.C=CCc1cc(C(F)(F)F)ccc1OC1C[C@H]2CC[C@@H](C1)N2c1ccc(C(F)(F)F)cn1.Nc1cc(C(F)(F)F)ccc1OC1C[C@H]2CC[C@@H](C1)N2c1ccc(C(F)(F)F)cn1.